The summed E-state index contributed by atoms with van der Waals surface area (Å²) in [5.41, 5.74) is 1.99. The first-order valence-corrected chi connectivity index (χ1v) is 8.48. The highest BCUT2D eigenvalue weighted by atomic mass is 16.3. The number of aliphatic hydroxyl groups is 1. The molecule has 0 spiro atoms. The number of carbonyl (C=O) groups excluding carboxylic acids is 2. The van der Waals surface area contributed by atoms with E-state index in [4.69, 9.17) is 0 Å². The van der Waals surface area contributed by atoms with E-state index in [0.29, 0.717) is 5.56 Å². The third-order valence-corrected chi connectivity index (χ3v) is 4.50. The zero-order valence-corrected chi connectivity index (χ0v) is 14.9. The van der Waals surface area contributed by atoms with Crippen LogP contribution in [0.4, 0.5) is 5.69 Å². The van der Waals surface area contributed by atoms with Crippen LogP contribution in [0.3, 0.4) is 0 Å². The maximum atomic E-state index is 12.8. The number of nitrogens with zero attached hydrogens (tertiary/aromatic N) is 1. The van der Waals surface area contributed by atoms with Gasteiger partial charge in [0.15, 0.2) is 11.5 Å². The van der Waals surface area contributed by atoms with Gasteiger partial charge in [-0.05, 0) is 24.6 Å². The van der Waals surface area contributed by atoms with E-state index < -0.39 is 17.7 Å². The number of phenolic OH excluding ortho intramolecular Hbond substituents is 1. The van der Waals surface area contributed by atoms with Crippen LogP contribution in [-0.4, -0.2) is 21.9 Å². The minimum absolute atomic E-state index is 0.0684. The molecule has 1 heterocycles. The lowest BCUT2D eigenvalue weighted by Gasteiger charge is -2.28. The zero-order chi connectivity index (χ0) is 19.0. The highest BCUT2D eigenvalue weighted by Gasteiger charge is 2.45. The Bertz CT molecular complexity index is 914. The molecule has 134 valence electrons. The van der Waals surface area contributed by atoms with Crippen molar-refractivity contribution in [2.24, 2.45) is 5.92 Å². The summed E-state index contributed by atoms with van der Waals surface area (Å²) in [5.74, 6) is -2.01. The average Bonchev–Trinajstić information content (AvgIpc) is 2.86. The first kappa shape index (κ1) is 17.7. The Kier molecular flexibility index (Phi) is 4.55. The molecule has 1 aliphatic heterocycles. The summed E-state index contributed by atoms with van der Waals surface area (Å²) in [6.07, 6.45) is 0. The van der Waals surface area contributed by atoms with Gasteiger partial charge in [-0.25, -0.2) is 0 Å². The number of rotatable bonds is 4. The van der Waals surface area contributed by atoms with Crippen LogP contribution in [0.2, 0.25) is 0 Å². The third kappa shape index (κ3) is 2.86. The number of ketones is 1. The fourth-order valence-corrected chi connectivity index (χ4v) is 3.24. The molecule has 2 aromatic rings. The molecule has 1 unspecified atom stereocenters. The van der Waals surface area contributed by atoms with E-state index in [1.54, 1.807) is 32.0 Å². The van der Waals surface area contributed by atoms with E-state index >= 15 is 0 Å². The fraction of sp³-hybridized carbons (Fsp3) is 0.238. The van der Waals surface area contributed by atoms with Gasteiger partial charge in [-0.1, -0.05) is 55.8 Å². The lowest BCUT2D eigenvalue weighted by molar-refractivity contribution is -0.119. The fourth-order valence-electron chi connectivity index (χ4n) is 3.24. The molecule has 3 rings (SSSR count). The van der Waals surface area contributed by atoms with Gasteiger partial charge in [-0.15, -0.1) is 0 Å². The van der Waals surface area contributed by atoms with Crippen molar-refractivity contribution in [3.8, 4) is 5.75 Å². The summed E-state index contributed by atoms with van der Waals surface area (Å²) in [6, 6.07) is 13.0. The Labute approximate surface area is 152 Å². The summed E-state index contributed by atoms with van der Waals surface area (Å²) in [5, 5.41) is 20.7. The van der Waals surface area contributed by atoms with Gasteiger partial charge in [0.1, 0.15) is 5.75 Å². The van der Waals surface area contributed by atoms with E-state index in [2.05, 4.69) is 0 Å². The molecule has 1 atom stereocenters. The van der Waals surface area contributed by atoms with E-state index in [0.717, 1.165) is 5.56 Å². The number of para-hydroxylation sites is 2. The van der Waals surface area contributed by atoms with E-state index in [1.807, 2.05) is 31.2 Å². The summed E-state index contributed by atoms with van der Waals surface area (Å²) in [7, 11) is 0. The van der Waals surface area contributed by atoms with Crippen molar-refractivity contribution in [2.45, 2.75) is 26.8 Å². The minimum Gasteiger partial charge on any atom is -0.506 e. The molecule has 26 heavy (non-hydrogen) atoms. The number of Topliss-reactive ketones (excluding diaryl/α,β-unsaturated/α-hetero) is 1. The minimum atomic E-state index is -0.786. The number of carbonyl (C=O) groups is 2. The molecule has 0 aliphatic carbocycles. The first-order valence-electron chi connectivity index (χ1n) is 8.48. The highest BCUT2D eigenvalue weighted by molar-refractivity contribution is 6.17. The van der Waals surface area contributed by atoms with Crippen molar-refractivity contribution >= 4 is 17.4 Å². The lowest BCUT2D eigenvalue weighted by atomic mass is 9.90. The van der Waals surface area contributed by atoms with Gasteiger partial charge in [0.25, 0.3) is 5.91 Å². The molecule has 1 amide bonds. The SMILES string of the molecule is Cc1cccc(C2C(C(=O)C(C)C)=C(O)C(=O)N2c2ccccc2O)c1. The maximum Gasteiger partial charge on any atom is 0.294 e. The van der Waals surface area contributed by atoms with Gasteiger partial charge < -0.3 is 10.2 Å². The Morgan fingerprint density at radius 1 is 1.08 bits per heavy atom. The van der Waals surface area contributed by atoms with Crippen LogP contribution < -0.4 is 4.90 Å². The van der Waals surface area contributed by atoms with Crippen molar-refractivity contribution in [2.75, 3.05) is 4.90 Å². The van der Waals surface area contributed by atoms with E-state index in [-0.39, 0.29) is 28.7 Å². The highest BCUT2D eigenvalue weighted by Crippen LogP contribution is 2.44. The van der Waals surface area contributed by atoms with Crippen LogP contribution in [0, 0.1) is 12.8 Å². The quantitative estimate of drug-likeness (QED) is 0.878. The molecular formula is C21H21NO4. The van der Waals surface area contributed by atoms with Crippen LogP contribution >= 0.6 is 0 Å². The number of hydrogen-bond acceptors (Lipinski definition) is 4. The molecule has 2 aromatic carbocycles. The van der Waals surface area contributed by atoms with Gasteiger partial charge in [-0.3, -0.25) is 14.5 Å². The second-order valence-corrected chi connectivity index (χ2v) is 6.76. The Hall–Kier alpha value is -3.08. The van der Waals surface area contributed by atoms with Crippen molar-refractivity contribution < 1.29 is 19.8 Å². The van der Waals surface area contributed by atoms with Crippen molar-refractivity contribution in [1.29, 1.82) is 0 Å². The molecule has 0 radical (unpaired) electrons. The van der Waals surface area contributed by atoms with Gasteiger partial charge in [-0.2, -0.15) is 0 Å². The van der Waals surface area contributed by atoms with Crippen molar-refractivity contribution in [3.63, 3.8) is 0 Å². The van der Waals surface area contributed by atoms with E-state index in [1.165, 1.54) is 11.0 Å². The second kappa shape index (κ2) is 6.67. The van der Waals surface area contributed by atoms with Gasteiger partial charge in [0.05, 0.1) is 17.3 Å². The van der Waals surface area contributed by atoms with Crippen LogP contribution in [0.5, 0.6) is 5.75 Å². The number of anilines is 1. The summed E-state index contributed by atoms with van der Waals surface area (Å²) < 4.78 is 0. The van der Waals surface area contributed by atoms with E-state index in [9.17, 15) is 19.8 Å². The molecular weight excluding hydrogens is 330 g/mol. The number of benzene rings is 2. The van der Waals surface area contributed by atoms with Gasteiger partial charge in [0, 0.05) is 5.92 Å². The largest absolute Gasteiger partial charge is 0.506 e. The topological polar surface area (TPSA) is 77.8 Å². The Morgan fingerprint density at radius 3 is 2.38 bits per heavy atom. The smallest absolute Gasteiger partial charge is 0.294 e. The van der Waals surface area contributed by atoms with Gasteiger partial charge >= 0.3 is 0 Å². The predicted molar refractivity (Wildman–Crippen MR) is 99.0 cm³/mol. The number of hydrogen-bond donors (Lipinski definition) is 2. The molecule has 0 fully saturated rings. The Balaban J connectivity index is 2.23. The molecule has 5 nitrogen and oxygen atoms in total. The van der Waals surface area contributed by atoms with Crippen molar-refractivity contribution in [1.82, 2.24) is 0 Å². The zero-order valence-electron chi connectivity index (χ0n) is 14.9. The van der Waals surface area contributed by atoms with Gasteiger partial charge in [0.2, 0.25) is 0 Å². The third-order valence-electron chi connectivity index (χ3n) is 4.50. The van der Waals surface area contributed by atoms with Crippen LogP contribution in [-0.2, 0) is 9.59 Å². The molecule has 0 saturated heterocycles. The standard InChI is InChI=1S/C21H21NO4/c1-12(2)19(24)17-18(14-8-6-7-13(3)11-14)22(21(26)20(17)25)15-9-4-5-10-16(15)23/h4-12,18,23,25H,1-3H3. The van der Waals surface area contributed by atoms with Crippen LogP contribution in [0.1, 0.15) is 31.0 Å². The summed E-state index contributed by atoms with van der Waals surface area (Å²) >= 11 is 0. The molecule has 2 N–H and O–H groups in total. The second-order valence-electron chi connectivity index (χ2n) is 6.76. The summed E-state index contributed by atoms with van der Waals surface area (Å²) in [4.78, 5) is 26.9. The number of aryl methyl sites for hydroxylation is 1. The normalized spacial score (nSPS) is 17.3. The number of aromatic hydroxyl groups is 1. The number of aliphatic hydroxyl groups excluding tert-OH is 1. The maximum absolute atomic E-state index is 12.8. The predicted octanol–water partition coefficient (Wildman–Crippen LogP) is 3.83. The number of phenols is 1. The summed E-state index contributed by atoms with van der Waals surface area (Å²) in [6.45, 7) is 5.37. The molecule has 0 saturated carbocycles. The van der Waals surface area contributed by atoms with Crippen molar-refractivity contribution in [3.05, 3.63) is 71.0 Å². The molecule has 1 aliphatic rings. The molecule has 0 aromatic heterocycles. The first-order chi connectivity index (χ1) is 12.3. The monoisotopic (exact) mass is 351 g/mol. The van der Waals surface area contributed by atoms with Crippen LogP contribution in [0.25, 0.3) is 0 Å². The lowest BCUT2D eigenvalue weighted by Crippen LogP contribution is -2.31. The Morgan fingerprint density at radius 2 is 1.77 bits per heavy atom. The molecule has 0 bridgehead atoms. The van der Waals surface area contributed by atoms with Crippen LogP contribution in [0.15, 0.2) is 59.9 Å². The average molecular weight is 351 g/mol. The number of amides is 1. The molecule has 5 heteroatoms.